The molecule has 4 aromatic heterocycles. The van der Waals surface area contributed by atoms with Crippen LogP contribution < -0.4 is 0 Å². The Hall–Kier alpha value is -3.40. The number of aromatic nitrogens is 4. The van der Waals surface area contributed by atoms with E-state index in [0.29, 0.717) is 0 Å². The normalized spacial score (nSPS) is 11.3. The molecule has 0 radical (unpaired) electrons. The molecule has 0 fully saturated rings. The highest BCUT2D eigenvalue weighted by Gasteiger charge is 2.38. The van der Waals surface area contributed by atoms with Gasteiger partial charge in [0.15, 0.2) is 0 Å². The zero-order chi connectivity index (χ0) is 18.4. The van der Waals surface area contributed by atoms with E-state index in [9.17, 15) is 0 Å². The van der Waals surface area contributed by atoms with Crippen LogP contribution in [0.2, 0.25) is 0 Å². The van der Waals surface area contributed by atoms with E-state index in [0.717, 1.165) is 29.8 Å². The van der Waals surface area contributed by atoms with Gasteiger partial charge in [0.05, 0.1) is 16.8 Å². The van der Waals surface area contributed by atoms with E-state index in [1.807, 2.05) is 61.4 Å². The lowest BCUT2D eigenvalue weighted by Gasteiger charge is -2.33. The summed E-state index contributed by atoms with van der Waals surface area (Å²) in [5.41, 5.74) is 3.92. The molecule has 132 valence electrons. The number of hydrogen-bond acceptors (Lipinski definition) is 4. The molecule has 0 aliphatic rings. The van der Waals surface area contributed by atoms with Crippen LogP contribution in [-0.4, -0.2) is 19.9 Å². The SMILES string of the molecule is c1ccc(C(CCc2ccncc2)(c2ccncc2)c2ccccn2)nc1. The molecule has 0 saturated heterocycles. The summed E-state index contributed by atoms with van der Waals surface area (Å²) in [6.07, 6.45) is 12.8. The summed E-state index contributed by atoms with van der Waals surface area (Å²) in [5.74, 6) is 0. The molecular weight excluding hydrogens is 332 g/mol. The van der Waals surface area contributed by atoms with Gasteiger partial charge in [-0.05, 0) is 72.5 Å². The van der Waals surface area contributed by atoms with Crippen molar-refractivity contribution in [2.75, 3.05) is 0 Å². The minimum absolute atomic E-state index is 0.450. The van der Waals surface area contributed by atoms with Crippen LogP contribution in [0.25, 0.3) is 0 Å². The average molecular weight is 352 g/mol. The van der Waals surface area contributed by atoms with Crippen molar-refractivity contribution >= 4 is 0 Å². The quantitative estimate of drug-likeness (QED) is 0.521. The lowest BCUT2D eigenvalue weighted by molar-refractivity contribution is 0.527. The van der Waals surface area contributed by atoms with Crippen molar-refractivity contribution in [1.82, 2.24) is 19.9 Å². The van der Waals surface area contributed by atoms with Crippen LogP contribution >= 0.6 is 0 Å². The van der Waals surface area contributed by atoms with Crippen molar-refractivity contribution < 1.29 is 0 Å². The fraction of sp³-hybridized carbons (Fsp3) is 0.130. The van der Waals surface area contributed by atoms with Crippen molar-refractivity contribution in [1.29, 1.82) is 0 Å². The molecule has 4 heterocycles. The minimum atomic E-state index is -0.450. The van der Waals surface area contributed by atoms with E-state index in [-0.39, 0.29) is 0 Å². The van der Waals surface area contributed by atoms with Crippen molar-refractivity contribution in [3.63, 3.8) is 0 Å². The summed E-state index contributed by atoms with van der Waals surface area (Å²) in [4.78, 5) is 17.8. The summed E-state index contributed by atoms with van der Waals surface area (Å²) in [5, 5.41) is 0. The summed E-state index contributed by atoms with van der Waals surface area (Å²) >= 11 is 0. The Labute approximate surface area is 159 Å². The van der Waals surface area contributed by atoms with Crippen LogP contribution in [0, 0.1) is 0 Å². The van der Waals surface area contributed by atoms with Crippen molar-refractivity contribution in [2.24, 2.45) is 0 Å². The van der Waals surface area contributed by atoms with Gasteiger partial charge in [0.1, 0.15) is 0 Å². The molecule has 0 atom stereocenters. The van der Waals surface area contributed by atoms with Crippen LogP contribution in [0.4, 0.5) is 0 Å². The first kappa shape index (κ1) is 17.0. The predicted molar refractivity (Wildman–Crippen MR) is 105 cm³/mol. The molecule has 0 bridgehead atoms. The van der Waals surface area contributed by atoms with Crippen LogP contribution in [0.3, 0.4) is 0 Å². The smallest absolute Gasteiger partial charge is 0.0800 e. The van der Waals surface area contributed by atoms with E-state index in [2.05, 4.69) is 46.4 Å². The Morgan fingerprint density at radius 3 is 1.67 bits per heavy atom. The first-order valence-corrected chi connectivity index (χ1v) is 9.02. The maximum absolute atomic E-state index is 4.74. The van der Waals surface area contributed by atoms with Gasteiger partial charge in [-0.1, -0.05) is 12.1 Å². The molecule has 0 unspecified atom stereocenters. The highest BCUT2D eigenvalue weighted by atomic mass is 14.8. The first-order valence-electron chi connectivity index (χ1n) is 9.02. The molecule has 0 spiro atoms. The lowest BCUT2D eigenvalue weighted by atomic mass is 9.70. The Morgan fingerprint density at radius 1 is 0.593 bits per heavy atom. The van der Waals surface area contributed by atoms with Gasteiger partial charge in [-0.2, -0.15) is 0 Å². The Kier molecular flexibility index (Phi) is 4.97. The van der Waals surface area contributed by atoms with E-state index in [4.69, 9.17) is 9.97 Å². The van der Waals surface area contributed by atoms with Gasteiger partial charge in [-0.15, -0.1) is 0 Å². The summed E-state index contributed by atoms with van der Waals surface area (Å²) in [6, 6.07) is 20.4. The zero-order valence-electron chi connectivity index (χ0n) is 14.9. The van der Waals surface area contributed by atoms with E-state index in [1.54, 1.807) is 0 Å². The highest BCUT2D eigenvalue weighted by Crippen LogP contribution is 2.40. The molecule has 0 N–H and O–H groups in total. The van der Waals surface area contributed by atoms with Crippen LogP contribution in [0.15, 0.2) is 97.8 Å². The lowest BCUT2D eigenvalue weighted by Crippen LogP contribution is -2.32. The second-order valence-electron chi connectivity index (χ2n) is 6.43. The average Bonchev–Trinajstić information content (AvgIpc) is 2.77. The van der Waals surface area contributed by atoms with Gasteiger partial charge < -0.3 is 0 Å². The minimum Gasteiger partial charge on any atom is -0.265 e. The zero-order valence-corrected chi connectivity index (χ0v) is 14.9. The highest BCUT2D eigenvalue weighted by molar-refractivity contribution is 5.45. The van der Waals surface area contributed by atoms with Crippen molar-refractivity contribution in [3.8, 4) is 0 Å². The van der Waals surface area contributed by atoms with Crippen LogP contribution in [-0.2, 0) is 11.8 Å². The van der Waals surface area contributed by atoms with E-state index >= 15 is 0 Å². The molecule has 4 aromatic rings. The second-order valence-corrected chi connectivity index (χ2v) is 6.43. The standard InChI is InChI=1S/C23H20N4/c1-3-13-26-21(5-1)23(20-10-17-25-18-11-20,22-6-2-4-14-27-22)12-7-19-8-15-24-16-9-19/h1-6,8-11,13-18H,7,12H2. The number of aryl methyl sites for hydroxylation is 1. The van der Waals surface area contributed by atoms with Crippen molar-refractivity contribution in [2.45, 2.75) is 18.3 Å². The maximum atomic E-state index is 4.74. The Bertz CT molecular complexity index is 861. The van der Waals surface area contributed by atoms with E-state index in [1.165, 1.54) is 5.56 Å². The molecule has 4 heteroatoms. The fourth-order valence-electron chi connectivity index (χ4n) is 3.58. The summed E-state index contributed by atoms with van der Waals surface area (Å²) < 4.78 is 0. The predicted octanol–water partition coefficient (Wildman–Crippen LogP) is 4.23. The van der Waals surface area contributed by atoms with Gasteiger partial charge >= 0.3 is 0 Å². The molecule has 4 nitrogen and oxygen atoms in total. The fourth-order valence-corrected chi connectivity index (χ4v) is 3.58. The van der Waals surface area contributed by atoms with Gasteiger partial charge in [0.25, 0.3) is 0 Å². The first-order chi connectivity index (χ1) is 13.4. The second kappa shape index (κ2) is 7.87. The van der Waals surface area contributed by atoms with E-state index < -0.39 is 5.41 Å². The largest absolute Gasteiger partial charge is 0.265 e. The number of nitrogens with zero attached hydrogens (tertiary/aromatic N) is 4. The van der Waals surface area contributed by atoms with Gasteiger partial charge in [0, 0.05) is 37.2 Å². The van der Waals surface area contributed by atoms with Crippen molar-refractivity contribution in [3.05, 3.63) is 120 Å². The molecule has 4 rings (SSSR count). The monoisotopic (exact) mass is 352 g/mol. The number of pyridine rings is 4. The van der Waals surface area contributed by atoms with Gasteiger partial charge in [-0.25, -0.2) is 0 Å². The summed E-state index contributed by atoms with van der Waals surface area (Å²) in [7, 11) is 0. The third-order valence-corrected chi connectivity index (χ3v) is 4.92. The summed E-state index contributed by atoms with van der Waals surface area (Å²) in [6.45, 7) is 0. The molecule has 0 amide bonds. The van der Waals surface area contributed by atoms with Gasteiger partial charge in [-0.3, -0.25) is 19.9 Å². The van der Waals surface area contributed by atoms with Gasteiger partial charge in [0.2, 0.25) is 0 Å². The topological polar surface area (TPSA) is 51.6 Å². The maximum Gasteiger partial charge on any atom is 0.0800 e. The molecular formula is C23H20N4. The third-order valence-electron chi connectivity index (χ3n) is 4.92. The third kappa shape index (κ3) is 3.47. The molecule has 0 saturated carbocycles. The molecule has 0 aliphatic heterocycles. The number of rotatable bonds is 6. The molecule has 27 heavy (non-hydrogen) atoms. The Balaban J connectivity index is 1.89. The molecule has 0 aliphatic carbocycles. The van der Waals surface area contributed by atoms with Crippen LogP contribution in [0.1, 0.15) is 28.9 Å². The number of hydrogen-bond donors (Lipinski definition) is 0. The molecule has 0 aromatic carbocycles. The Morgan fingerprint density at radius 2 is 1.15 bits per heavy atom. The van der Waals surface area contributed by atoms with Crippen LogP contribution in [0.5, 0.6) is 0 Å².